The van der Waals surface area contributed by atoms with Crippen molar-refractivity contribution in [2.45, 2.75) is 25.0 Å². The molecule has 246 valence electrons. The minimum Gasteiger partial charge on any atom is -0.494 e. The molecule has 46 heavy (non-hydrogen) atoms. The standard InChI is InChI=1S/C29H31ClF2N6O5.CH2O2/c1-29(42)13-20(34-15-29)28(41)38-10-8-37(9-11-38)27(40)17-5-4-16(12-19(17)30)35-26(39)25-33-14-21(36(25)2)18-6-7-22(43-3)24(32)23(18)31;2-1-3/h4-7,12,14,20,34,42H,8-11,13,15H2,1-3H3,(H,35,39);1H,(H,2,3)/t20-,29-;/m0./s1. The number of methoxy groups -OCH3 is 1. The summed E-state index contributed by atoms with van der Waals surface area (Å²) in [6, 6.07) is 6.63. The summed E-state index contributed by atoms with van der Waals surface area (Å²) in [4.78, 5) is 54.7. The first-order valence-electron chi connectivity index (χ1n) is 14.1. The number of nitrogens with one attached hydrogen (secondary N) is 2. The number of hydrogen-bond donors (Lipinski definition) is 4. The minimum absolute atomic E-state index is 0.0641. The largest absolute Gasteiger partial charge is 0.494 e. The Morgan fingerprint density at radius 3 is 2.37 bits per heavy atom. The number of nitrogens with zero attached hydrogens (tertiary/aromatic N) is 4. The molecule has 2 fully saturated rings. The number of aliphatic hydroxyl groups is 1. The molecule has 2 aliphatic rings. The Labute approximate surface area is 267 Å². The molecule has 2 saturated heterocycles. The summed E-state index contributed by atoms with van der Waals surface area (Å²) in [5.74, 6) is -3.62. The topological polar surface area (TPSA) is 166 Å². The van der Waals surface area contributed by atoms with Crippen LogP contribution in [-0.2, 0) is 16.6 Å². The van der Waals surface area contributed by atoms with Gasteiger partial charge in [0.05, 0.1) is 41.2 Å². The molecule has 0 bridgehead atoms. The van der Waals surface area contributed by atoms with E-state index in [2.05, 4.69) is 15.6 Å². The quantitative estimate of drug-likeness (QED) is 0.290. The number of carbonyl (C=O) groups is 4. The lowest BCUT2D eigenvalue weighted by Gasteiger charge is -2.36. The molecule has 0 spiro atoms. The first kappa shape index (κ1) is 34.3. The van der Waals surface area contributed by atoms with E-state index in [0.29, 0.717) is 44.8 Å². The van der Waals surface area contributed by atoms with E-state index in [1.807, 2.05) is 0 Å². The molecule has 16 heteroatoms. The zero-order valence-electron chi connectivity index (χ0n) is 25.2. The van der Waals surface area contributed by atoms with Crippen molar-refractivity contribution in [2.24, 2.45) is 7.05 Å². The third-order valence-corrected chi connectivity index (χ3v) is 8.05. The highest BCUT2D eigenvalue weighted by molar-refractivity contribution is 6.34. The van der Waals surface area contributed by atoms with Crippen molar-refractivity contribution in [2.75, 3.05) is 45.2 Å². The van der Waals surface area contributed by atoms with Crippen LogP contribution in [-0.4, -0.2) is 105 Å². The Bertz CT molecular complexity index is 1640. The Morgan fingerprint density at radius 1 is 1.13 bits per heavy atom. The Morgan fingerprint density at radius 2 is 1.78 bits per heavy atom. The normalized spacial score (nSPS) is 19.2. The van der Waals surface area contributed by atoms with Crippen LogP contribution in [0.2, 0.25) is 5.02 Å². The summed E-state index contributed by atoms with van der Waals surface area (Å²) in [6.07, 6.45) is 1.60. The second-order valence-corrected chi connectivity index (χ2v) is 11.4. The zero-order chi connectivity index (χ0) is 33.8. The number of rotatable bonds is 6. The van der Waals surface area contributed by atoms with Gasteiger partial charge in [-0.1, -0.05) is 11.6 Å². The molecular formula is C30H33ClF2N6O7. The number of carboxylic acid groups (broad SMARTS) is 1. The molecule has 3 amide bonds. The number of imidazole rings is 1. The Balaban J connectivity index is 0.00000154. The van der Waals surface area contributed by atoms with E-state index in [1.165, 1.54) is 55.3 Å². The number of β-amino-alcohol motifs (C(OH)–C–C–N with tert-alkyl or cyclic N) is 1. The van der Waals surface area contributed by atoms with E-state index < -0.39 is 29.2 Å². The van der Waals surface area contributed by atoms with Crippen LogP contribution in [0.3, 0.4) is 0 Å². The van der Waals surface area contributed by atoms with Gasteiger partial charge in [-0.05, 0) is 37.3 Å². The number of benzene rings is 2. The van der Waals surface area contributed by atoms with Gasteiger partial charge >= 0.3 is 0 Å². The van der Waals surface area contributed by atoms with E-state index >= 15 is 0 Å². The number of carbonyl (C=O) groups excluding carboxylic acids is 3. The second kappa shape index (κ2) is 14.2. The predicted octanol–water partition coefficient (Wildman–Crippen LogP) is 2.38. The van der Waals surface area contributed by atoms with E-state index in [1.54, 1.807) is 16.7 Å². The number of amides is 3. The zero-order valence-corrected chi connectivity index (χ0v) is 26.0. The molecule has 1 aromatic heterocycles. The molecule has 2 aromatic carbocycles. The molecule has 0 radical (unpaired) electrons. The molecular weight excluding hydrogens is 630 g/mol. The summed E-state index contributed by atoms with van der Waals surface area (Å²) in [6.45, 7) is 3.15. The van der Waals surface area contributed by atoms with Crippen LogP contribution in [0.1, 0.15) is 34.3 Å². The van der Waals surface area contributed by atoms with Crippen molar-refractivity contribution < 1.29 is 42.9 Å². The fourth-order valence-electron chi connectivity index (χ4n) is 5.33. The average Bonchev–Trinajstić information content (AvgIpc) is 3.59. The van der Waals surface area contributed by atoms with Crippen molar-refractivity contribution in [1.29, 1.82) is 0 Å². The van der Waals surface area contributed by atoms with Crippen molar-refractivity contribution in [3.05, 3.63) is 64.6 Å². The van der Waals surface area contributed by atoms with Gasteiger partial charge in [0.2, 0.25) is 11.7 Å². The smallest absolute Gasteiger partial charge is 0.291 e. The summed E-state index contributed by atoms with van der Waals surface area (Å²) in [5, 5.41) is 22.9. The molecule has 0 aliphatic carbocycles. The van der Waals surface area contributed by atoms with Crippen LogP contribution in [0.25, 0.3) is 11.3 Å². The lowest BCUT2D eigenvalue weighted by Crippen LogP contribution is -2.54. The summed E-state index contributed by atoms with van der Waals surface area (Å²) >= 11 is 6.43. The predicted molar refractivity (Wildman–Crippen MR) is 163 cm³/mol. The Kier molecular flexibility index (Phi) is 10.6. The van der Waals surface area contributed by atoms with Gasteiger partial charge in [-0.3, -0.25) is 19.2 Å². The van der Waals surface area contributed by atoms with Gasteiger partial charge in [-0.15, -0.1) is 0 Å². The van der Waals surface area contributed by atoms with Crippen LogP contribution in [0.4, 0.5) is 14.5 Å². The van der Waals surface area contributed by atoms with Gasteiger partial charge in [0.15, 0.2) is 17.4 Å². The van der Waals surface area contributed by atoms with Gasteiger partial charge < -0.3 is 40.0 Å². The molecule has 2 aliphatic heterocycles. The number of piperazine rings is 1. The molecule has 3 aromatic rings. The van der Waals surface area contributed by atoms with Crippen LogP contribution >= 0.6 is 11.6 Å². The highest BCUT2D eigenvalue weighted by Crippen LogP contribution is 2.30. The average molecular weight is 663 g/mol. The number of halogens is 3. The lowest BCUT2D eigenvalue weighted by atomic mass is 10.0. The maximum atomic E-state index is 14.6. The van der Waals surface area contributed by atoms with E-state index in [9.17, 15) is 28.3 Å². The number of ether oxygens (including phenoxy) is 1. The summed E-state index contributed by atoms with van der Waals surface area (Å²) in [5.41, 5.74) is -0.293. The third kappa shape index (κ3) is 7.27. The first-order chi connectivity index (χ1) is 21.8. The van der Waals surface area contributed by atoms with E-state index in [0.717, 1.165) is 0 Å². The fourth-order valence-corrected chi connectivity index (χ4v) is 5.60. The Hall–Kier alpha value is -4.60. The molecule has 4 N–H and O–H groups in total. The molecule has 5 rings (SSSR count). The maximum Gasteiger partial charge on any atom is 0.291 e. The summed E-state index contributed by atoms with van der Waals surface area (Å²) < 4.78 is 35.0. The first-order valence-corrected chi connectivity index (χ1v) is 14.5. The number of aromatic nitrogens is 2. The van der Waals surface area contributed by atoms with Gasteiger partial charge in [-0.2, -0.15) is 4.39 Å². The van der Waals surface area contributed by atoms with Crippen molar-refractivity contribution >= 4 is 41.5 Å². The van der Waals surface area contributed by atoms with E-state index in [-0.39, 0.29) is 51.7 Å². The van der Waals surface area contributed by atoms with Crippen LogP contribution in [0.15, 0.2) is 36.5 Å². The van der Waals surface area contributed by atoms with Gasteiger partial charge in [0.1, 0.15) is 0 Å². The fraction of sp³-hybridized carbons (Fsp3) is 0.367. The molecule has 13 nitrogen and oxygen atoms in total. The molecule has 3 heterocycles. The van der Waals surface area contributed by atoms with Gasteiger partial charge in [-0.25, -0.2) is 9.37 Å². The van der Waals surface area contributed by atoms with Crippen molar-refractivity contribution in [3.63, 3.8) is 0 Å². The third-order valence-electron chi connectivity index (χ3n) is 7.74. The number of anilines is 1. The number of hydrogen-bond acceptors (Lipinski definition) is 8. The van der Waals surface area contributed by atoms with E-state index in [4.69, 9.17) is 26.2 Å². The van der Waals surface area contributed by atoms with Gasteiger partial charge in [0, 0.05) is 57.4 Å². The molecule has 0 unspecified atom stereocenters. The second-order valence-electron chi connectivity index (χ2n) is 11.0. The molecule has 2 atom stereocenters. The van der Waals surface area contributed by atoms with Crippen LogP contribution in [0, 0.1) is 11.6 Å². The minimum atomic E-state index is -1.15. The summed E-state index contributed by atoms with van der Waals surface area (Å²) in [7, 11) is 2.72. The van der Waals surface area contributed by atoms with Crippen LogP contribution in [0.5, 0.6) is 5.75 Å². The van der Waals surface area contributed by atoms with Gasteiger partial charge in [0.25, 0.3) is 18.3 Å². The molecule has 0 saturated carbocycles. The highest BCUT2D eigenvalue weighted by Gasteiger charge is 2.39. The van der Waals surface area contributed by atoms with Crippen molar-refractivity contribution in [1.82, 2.24) is 24.7 Å². The van der Waals surface area contributed by atoms with Crippen LogP contribution < -0.4 is 15.4 Å². The van der Waals surface area contributed by atoms with Crippen molar-refractivity contribution in [3.8, 4) is 17.0 Å². The SMILES string of the molecule is COc1ccc(-c2cnc(C(=O)Nc3ccc(C(=O)N4CCN(C(=O)[C@@H]5C[C@](C)(O)CN5)CC4)c(Cl)c3)n2C)c(F)c1F.O=CO. The maximum absolute atomic E-state index is 14.6. The lowest BCUT2D eigenvalue weighted by molar-refractivity contribution is -0.135. The monoisotopic (exact) mass is 662 g/mol. The highest BCUT2D eigenvalue weighted by atomic mass is 35.5.